The summed E-state index contributed by atoms with van der Waals surface area (Å²) in [6, 6.07) is 3.74. The second-order valence-electron chi connectivity index (χ2n) is 3.55. The van der Waals surface area contributed by atoms with Crippen molar-refractivity contribution in [2.24, 2.45) is 0 Å². The number of nitro groups is 1. The lowest BCUT2D eigenvalue weighted by molar-refractivity contribution is -0.385. The molecule has 8 nitrogen and oxygen atoms in total. The van der Waals surface area contributed by atoms with E-state index in [1.54, 1.807) is 13.8 Å². The van der Waals surface area contributed by atoms with E-state index < -0.39 is 22.7 Å². The average molecular weight is 282 g/mol. The number of nitro benzene ring substituents is 1. The highest BCUT2D eigenvalue weighted by Crippen LogP contribution is 2.29. The van der Waals surface area contributed by atoms with E-state index in [2.05, 4.69) is 5.32 Å². The number of carbonyl (C=O) groups excluding carboxylic acids is 2. The first kappa shape index (κ1) is 15.4. The van der Waals surface area contributed by atoms with Gasteiger partial charge in [0.05, 0.1) is 11.5 Å². The fourth-order valence-corrected chi connectivity index (χ4v) is 1.45. The molecule has 1 aromatic carbocycles. The number of ether oxygens (including phenoxy) is 2. The molecule has 0 radical (unpaired) electrons. The summed E-state index contributed by atoms with van der Waals surface area (Å²) in [5.41, 5.74) is -0.865. The van der Waals surface area contributed by atoms with Crippen molar-refractivity contribution in [2.75, 3.05) is 13.2 Å². The summed E-state index contributed by atoms with van der Waals surface area (Å²) in [6.45, 7) is 3.62. The Morgan fingerprint density at radius 2 is 2.05 bits per heavy atom. The number of benzene rings is 1. The van der Waals surface area contributed by atoms with E-state index in [1.165, 1.54) is 12.1 Å². The predicted molar refractivity (Wildman–Crippen MR) is 68.8 cm³/mol. The maximum absolute atomic E-state index is 11.8. The van der Waals surface area contributed by atoms with Gasteiger partial charge >= 0.3 is 12.1 Å². The molecule has 0 aliphatic rings. The average Bonchev–Trinajstić information content (AvgIpc) is 2.38. The summed E-state index contributed by atoms with van der Waals surface area (Å²) in [7, 11) is 0. The summed E-state index contributed by atoms with van der Waals surface area (Å²) in [5, 5.41) is 13.3. The molecular formula is C12H14N2O6. The minimum Gasteiger partial charge on any atom is -0.462 e. The maximum Gasteiger partial charge on any atom is 0.412 e. The highest BCUT2D eigenvalue weighted by atomic mass is 16.6. The third kappa shape index (κ3) is 3.67. The van der Waals surface area contributed by atoms with Gasteiger partial charge in [-0.2, -0.15) is 0 Å². The molecule has 20 heavy (non-hydrogen) atoms. The normalized spacial score (nSPS) is 9.70. The highest BCUT2D eigenvalue weighted by molar-refractivity contribution is 5.97. The molecule has 1 amide bonds. The van der Waals surface area contributed by atoms with Gasteiger partial charge in [-0.05, 0) is 19.9 Å². The quantitative estimate of drug-likeness (QED) is 0.502. The Hall–Kier alpha value is -2.64. The highest BCUT2D eigenvalue weighted by Gasteiger charge is 2.27. The topological polar surface area (TPSA) is 108 Å². The van der Waals surface area contributed by atoms with Crippen LogP contribution in [0.15, 0.2) is 18.2 Å². The molecule has 8 heteroatoms. The zero-order chi connectivity index (χ0) is 15.1. The minimum absolute atomic E-state index is 0.0471. The van der Waals surface area contributed by atoms with Crippen molar-refractivity contribution >= 4 is 17.7 Å². The molecule has 1 N–H and O–H groups in total. The molecule has 0 saturated heterocycles. The molecule has 1 aromatic rings. The SMILES string of the molecule is CCNC(=O)Oc1cccc([N+](=O)[O-])c1C(=O)OCC. The number of nitrogens with one attached hydrogen (secondary N) is 1. The third-order valence-corrected chi connectivity index (χ3v) is 2.20. The summed E-state index contributed by atoms with van der Waals surface area (Å²) >= 11 is 0. The molecular weight excluding hydrogens is 268 g/mol. The number of hydrogen-bond donors (Lipinski definition) is 1. The molecule has 1 rings (SSSR count). The van der Waals surface area contributed by atoms with Gasteiger partial charge in [0, 0.05) is 12.6 Å². The number of nitrogens with zero attached hydrogens (tertiary/aromatic N) is 1. The largest absolute Gasteiger partial charge is 0.462 e. The van der Waals surface area contributed by atoms with Crippen LogP contribution in [0.25, 0.3) is 0 Å². The van der Waals surface area contributed by atoms with Crippen molar-refractivity contribution in [3.8, 4) is 5.75 Å². The molecule has 0 heterocycles. The van der Waals surface area contributed by atoms with Crippen LogP contribution in [-0.4, -0.2) is 30.1 Å². The number of amides is 1. The van der Waals surface area contributed by atoms with Gasteiger partial charge in [0.25, 0.3) is 5.69 Å². The van der Waals surface area contributed by atoms with Crippen molar-refractivity contribution < 1.29 is 24.0 Å². The van der Waals surface area contributed by atoms with Crippen LogP contribution in [0, 0.1) is 10.1 Å². The Balaban J connectivity index is 3.22. The first-order valence-corrected chi connectivity index (χ1v) is 5.91. The Kier molecular flexibility index (Phi) is 5.45. The Bertz CT molecular complexity index is 529. The van der Waals surface area contributed by atoms with E-state index in [9.17, 15) is 19.7 Å². The summed E-state index contributed by atoms with van der Waals surface area (Å²) in [4.78, 5) is 33.4. The van der Waals surface area contributed by atoms with Crippen LogP contribution in [0.1, 0.15) is 24.2 Å². The predicted octanol–water partition coefficient (Wildman–Crippen LogP) is 1.88. The molecule has 0 spiro atoms. The molecule has 0 aliphatic carbocycles. The zero-order valence-electron chi connectivity index (χ0n) is 11.0. The van der Waals surface area contributed by atoms with Crippen molar-refractivity contribution in [3.63, 3.8) is 0 Å². The smallest absolute Gasteiger partial charge is 0.412 e. The molecule has 0 aliphatic heterocycles. The molecule has 0 unspecified atom stereocenters. The van der Waals surface area contributed by atoms with Gasteiger partial charge < -0.3 is 14.8 Å². The van der Waals surface area contributed by atoms with Crippen LogP contribution in [0.5, 0.6) is 5.75 Å². The summed E-state index contributed by atoms with van der Waals surface area (Å²) in [6.07, 6.45) is -0.807. The van der Waals surface area contributed by atoms with E-state index in [4.69, 9.17) is 9.47 Å². The van der Waals surface area contributed by atoms with E-state index in [-0.39, 0.29) is 17.9 Å². The van der Waals surface area contributed by atoms with E-state index in [0.717, 1.165) is 6.07 Å². The Morgan fingerprint density at radius 1 is 1.35 bits per heavy atom. The zero-order valence-corrected chi connectivity index (χ0v) is 11.0. The van der Waals surface area contributed by atoms with Crippen LogP contribution >= 0.6 is 0 Å². The number of carbonyl (C=O) groups is 2. The van der Waals surface area contributed by atoms with Crippen LogP contribution in [-0.2, 0) is 4.74 Å². The number of esters is 1. The van der Waals surface area contributed by atoms with Gasteiger partial charge in [-0.1, -0.05) is 6.07 Å². The van der Waals surface area contributed by atoms with Crippen molar-refractivity contribution in [1.29, 1.82) is 0 Å². The molecule has 0 bridgehead atoms. The van der Waals surface area contributed by atoms with Crippen LogP contribution in [0.3, 0.4) is 0 Å². The van der Waals surface area contributed by atoms with Gasteiger partial charge in [0.15, 0.2) is 11.3 Å². The van der Waals surface area contributed by atoms with Crippen molar-refractivity contribution in [1.82, 2.24) is 5.32 Å². The van der Waals surface area contributed by atoms with Crippen molar-refractivity contribution in [2.45, 2.75) is 13.8 Å². The first-order valence-electron chi connectivity index (χ1n) is 5.91. The van der Waals surface area contributed by atoms with E-state index >= 15 is 0 Å². The third-order valence-electron chi connectivity index (χ3n) is 2.20. The fraction of sp³-hybridized carbons (Fsp3) is 0.333. The van der Waals surface area contributed by atoms with Crippen LogP contribution in [0.2, 0.25) is 0 Å². The van der Waals surface area contributed by atoms with Gasteiger partial charge in [0.2, 0.25) is 0 Å². The summed E-state index contributed by atoms with van der Waals surface area (Å²) < 4.78 is 9.63. The van der Waals surface area contributed by atoms with Gasteiger partial charge in [-0.3, -0.25) is 10.1 Å². The standard InChI is InChI=1S/C12H14N2O6/c1-3-13-12(16)20-9-7-5-6-8(14(17)18)10(9)11(15)19-4-2/h5-7H,3-4H2,1-2H3,(H,13,16). The summed E-state index contributed by atoms with van der Waals surface area (Å²) in [5.74, 6) is -1.14. The molecule has 0 saturated carbocycles. The first-order chi connectivity index (χ1) is 9.51. The molecule has 0 aromatic heterocycles. The molecule has 108 valence electrons. The molecule has 0 fully saturated rings. The van der Waals surface area contributed by atoms with Gasteiger partial charge in [0.1, 0.15) is 0 Å². The maximum atomic E-state index is 11.8. The Morgan fingerprint density at radius 3 is 2.60 bits per heavy atom. The van der Waals surface area contributed by atoms with Gasteiger partial charge in [-0.25, -0.2) is 9.59 Å². The van der Waals surface area contributed by atoms with Crippen molar-refractivity contribution in [3.05, 3.63) is 33.9 Å². The monoisotopic (exact) mass is 282 g/mol. The lowest BCUT2D eigenvalue weighted by atomic mass is 10.1. The second kappa shape index (κ2) is 7.07. The number of hydrogen-bond acceptors (Lipinski definition) is 6. The minimum atomic E-state index is -0.918. The van der Waals surface area contributed by atoms with Crippen LogP contribution in [0.4, 0.5) is 10.5 Å². The Labute approximate surface area is 114 Å². The second-order valence-corrected chi connectivity index (χ2v) is 3.55. The fourth-order valence-electron chi connectivity index (χ4n) is 1.45. The van der Waals surface area contributed by atoms with Crippen LogP contribution < -0.4 is 10.1 Å². The lowest BCUT2D eigenvalue weighted by Gasteiger charge is -2.09. The number of rotatable bonds is 5. The lowest BCUT2D eigenvalue weighted by Crippen LogP contribution is -2.27. The molecule has 0 atom stereocenters. The van der Waals surface area contributed by atoms with Gasteiger partial charge in [-0.15, -0.1) is 0 Å². The van der Waals surface area contributed by atoms with E-state index in [1.807, 2.05) is 0 Å². The van der Waals surface area contributed by atoms with E-state index in [0.29, 0.717) is 6.54 Å².